The Morgan fingerprint density at radius 3 is 2.35 bits per heavy atom. The maximum absolute atomic E-state index is 13.1. The van der Waals surface area contributed by atoms with Gasteiger partial charge in [-0.05, 0) is 39.0 Å². The number of halogens is 3. The van der Waals surface area contributed by atoms with Crippen LogP contribution in [0.2, 0.25) is 0 Å². The van der Waals surface area contributed by atoms with Gasteiger partial charge in [-0.15, -0.1) is 6.58 Å². The molecule has 3 nitrogen and oxygen atoms in total. The molecule has 0 aliphatic carbocycles. The molecule has 0 fully saturated rings. The summed E-state index contributed by atoms with van der Waals surface area (Å²) in [6.45, 7) is 8.17. The number of nitrogens with zero attached hydrogens (tertiary/aromatic N) is 2. The molecule has 0 saturated carbocycles. The molecule has 0 N–H and O–H groups in total. The zero-order valence-electron chi connectivity index (χ0n) is 12.9. The molecular formula is C16H15F3N2OS. The van der Waals surface area contributed by atoms with Gasteiger partial charge in [0.05, 0.1) is 33.3 Å². The normalized spacial score (nSPS) is 11.5. The van der Waals surface area contributed by atoms with Gasteiger partial charge in [-0.3, -0.25) is 9.69 Å². The average Bonchev–Trinajstić information content (AvgIpc) is 2.45. The predicted octanol–water partition coefficient (Wildman–Crippen LogP) is 4.47. The molecule has 122 valence electrons. The maximum atomic E-state index is 13.1. The van der Waals surface area contributed by atoms with Crippen molar-refractivity contribution in [2.24, 2.45) is 5.41 Å². The summed E-state index contributed by atoms with van der Waals surface area (Å²) in [6, 6.07) is 4.54. The van der Waals surface area contributed by atoms with E-state index in [0.29, 0.717) is 0 Å². The average molecular weight is 340 g/mol. The SMILES string of the molecule is C=CC(C)(C)C(=O)N(C(C)=S)c1ccc(C#N)c(C(F)(F)F)c1. The van der Waals surface area contributed by atoms with Gasteiger partial charge in [0, 0.05) is 0 Å². The largest absolute Gasteiger partial charge is 0.417 e. The summed E-state index contributed by atoms with van der Waals surface area (Å²) in [5, 5.41) is 8.83. The van der Waals surface area contributed by atoms with Crippen LogP contribution >= 0.6 is 12.2 Å². The van der Waals surface area contributed by atoms with Gasteiger partial charge in [0.25, 0.3) is 0 Å². The molecule has 0 heterocycles. The number of benzene rings is 1. The summed E-state index contributed by atoms with van der Waals surface area (Å²) in [5.41, 5.74) is -2.67. The third-order valence-corrected chi connectivity index (χ3v) is 3.45. The standard InChI is InChI=1S/C16H15F3N2OS/c1-5-15(3,4)14(22)21(10(2)23)12-7-6-11(9-20)13(8-12)16(17,18)19/h5-8H,1H2,2-4H3. The number of amides is 1. The highest BCUT2D eigenvalue weighted by Gasteiger charge is 2.36. The van der Waals surface area contributed by atoms with E-state index in [0.717, 1.165) is 17.0 Å². The zero-order chi connectivity index (χ0) is 18.0. The number of nitriles is 1. The van der Waals surface area contributed by atoms with Crippen molar-refractivity contribution in [3.8, 4) is 6.07 Å². The van der Waals surface area contributed by atoms with Crippen LogP contribution in [0, 0.1) is 16.7 Å². The minimum Gasteiger partial charge on any atom is -0.274 e. The van der Waals surface area contributed by atoms with Crippen molar-refractivity contribution < 1.29 is 18.0 Å². The number of carbonyl (C=O) groups excluding carboxylic acids is 1. The van der Waals surface area contributed by atoms with Crippen molar-refractivity contribution in [1.82, 2.24) is 0 Å². The molecule has 0 spiro atoms. The van der Waals surface area contributed by atoms with Gasteiger partial charge in [0.1, 0.15) is 0 Å². The molecule has 0 atom stereocenters. The molecule has 0 aromatic heterocycles. The molecule has 1 rings (SSSR count). The van der Waals surface area contributed by atoms with Crippen molar-refractivity contribution in [1.29, 1.82) is 5.26 Å². The minimum atomic E-state index is -4.71. The molecule has 0 saturated heterocycles. The van der Waals surface area contributed by atoms with E-state index in [2.05, 4.69) is 6.58 Å². The fraction of sp³-hybridized carbons (Fsp3) is 0.312. The summed E-state index contributed by atoms with van der Waals surface area (Å²) < 4.78 is 39.2. The van der Waals surface area contributed by atoms with E-state index in [1.165, 1.54) is 25.1 Å². The Morgan fingerprint density at radius 1 is 1.39 bits per heavy atom. The van der Waals surface area contributed by atoms with Crippen molar-refractivity contribution in [3.05, 3.63) is 42.0 Å². The number of carbonyl (C=O) groups is 1. The van der Waals surface area contributed by atoms with Gasteiger partial charge in [-0.1, -0.05) is 18.3 Å². The topological polar surface area (TPSA) is 44.1 Å². The highest BCUT2D eigenvalue weighted by molar-refractivity contribution is 7.80. The molecule has 7 heteroatoms. The molecular weight excluding hydrogens is 325 g/mol. The summed E-state index contributed by atoms with van der Waals surface area (Å²) in [6.07, 6.45) is -3.31. The van der Waals surface area contributed by atoms with Crippen LogP contribution in [0.15, 0.2) is 30.9 Å². The van der Waals surface area contributed by atoms with E-state index in [4.69, 9.17) is 17.5 Å². The number of hydrogen-bond donors (Lipinski definition) is 0. The second kappa shape index (κ2) is 6.50. The van der Waals surface area contributed by atoms with E-state index in [1.807, 2.05) is 0 Å². The van der Waals surface area contributed by atoms with E-state index in [1.54, 1.807) is 13.8 Å². The summed E-state index contributed by atoms with van der Waals surface area (Å²) in [5.74, 6) is -0.502. The highest BCUT2D eigenvalue weighted by Crippen LogP contribution is 2.35. The van der Waals surface area contributed by atoms with Crippen LogP contribution in [-0.2, 0) is 11.0 Å². The molecule has 0 bridgehead atoms. The minimum absolute atomic E-state index is 0.0382. The van der Waals surface area contributed by atoms with Gasteiger partial charge in [0.15, 0.2) is 0 Å². The quantitative estimate of drug-likeness (QED) is 0.602. The molecule has 1 aromatic carbocycles. The summed E-state index contributed by atoms with van der Waals surface area (Å²) in [7, 11) is 0. The third kappa shape index (κ3) is 3.96. The van der Waals surface area contributed by atoms with E-state index >= 15 is 0 Å². The Kier molecular flexibility index (Phi) is 5.33. The third-order valence-electron chi connectivity index (χ3n) is 3.27. The second-order valence-corrected chi connectivity index (χ2v) is 6.02. The second-order valence-electron chi connectivity index (χ2n) is 5.42. The van der Waals surface area contributed by atoms with E-state index < -0.39 is 28.6 Å². The molecule has 0 aliphatic heterocycles. The lowest BCUT2D eigenvalue weighted by molar-refractivity contribution is -0.137. The lowest BCUT2D eigenvalue weighted by atomic mass is 9.91. The van der Waals surface area contributed by atoms with Crippen LogP contribution in [-0.4, -0.2) is 10.9 Å². The van der Waals surface area contributed by atoms with Crippen LogP contribution in [0.4, 0.5) is 18.9 Å². The van der Waals surface area contributed by atoms with Gasteiger partial charge in [0.2, 0.25) is 5.91 Å². The van der Waals surface area contributed by atoms with Crippen molar-refractivity contribution in [3.63, 3.8) is 0 Å². The molecule has 0 aliphatic rings. The number of alkyl halides is 3. The Balaban J connectivity index is 3.53. The number of hydrogen-bond acceptors (Lipinski definition) is 3. The highest BCUT2D eigenvalue weighted by atomic mass is 32.1. The van der Waals surface area contributed by atoms with Crippen LogP contribution in [0.25, 0.3) is 0 Å². The number of rotatable bonds is 3. The molecule has 1 amide bonds. The lowest BCUT2D eigenvalue weighted by Gasteiger charge is -2.29. The van der Waals surface area contributed by atoms with Crippen LogP contribution in [0.5, 0.6) is 0 Å². The fourth-order valence-electron chi connectivity index (χ4n) is 1.82. The smallest absolute Gasteiger partial charge is 0.274 e. The molecule has 0 radical (unpaired) electrons. The van der Waals surface area contributed by atoms with Gasteiger partial charge >= 0.3 is 6.18 Å². The lowest BCUT2D eigenvalue weighted by Crippen LogP contribution is -2.42. The molecule has 23 heavy (non-hydrogen) atoms. The first kappa shape index (κ1) is 18.8. The molecule has 1 aromatic rings. The maximum Gasteiger partial charge on any atom is 0.417 e. The molecule has 0 unspecified atom stereocenters. The van der Waals surface area contributed by atoms with Crippen molar-refractivity contribution in [2.75, 3.05) is 4.90 Å². The van der Waals surface area contributed by atoms with Crippen molar-refractivity contribution >= 4 is 28.8 Å². The van der Waals surface area contributed by atoms with Crippen LogP contribution in [0.1, 0.15) is 31.9 Å². The Hall–Kier alpha value is -2.20. The van der Waals surface area contributed by atoms with Gasteiger partial charge in [-0.2, -0.15) is 18.4 Å². The first-order chi connectivity index (χ1) is 10.5. The fourth-order valence-corrected chi connectivity index (χ4v) is 2.01. The first-order valence-electron chi connectivity index (χ1n) is 6.55. The first-order valence-corrected chi connectivity index (χ1v) is 6.96. The number of anilines is 1. The van der Waals surface area contributed by atoms with Crippen LogP contribution < -0.4 is 4.90 Å². The van der Waals surface area contributed by atoms with Gasteiger partial charge in [-0.25, -0.2) is 0 Å². The Bertz CT molecular complexity index is 702. The van der Waals surface area contributed by atoms with Gasteiger partial charge < -0.3 is 0 Å². The zero-order valence-corrected chi connectivity index (χ0v) is 13.7. The van der Waals surface area contributed by atoms with E-state index in [-0.39, 0.29) is 10.7 Å². The Morgan fingerprint density at radius 2 is 1.96 bits per heavy atom. The number of thiocarbonyl (C=S) groups is 1. The van der Waals surface area contributed by atoms with Crippen molar-refractivity contribution in [2.45, 2.75) is 26.9 Å². The van der Waals surface area contributed by atoms with E-state index in [9.17, 15) is 18.0 Å². The monoisotopic (exact) mass is 340 g/mol. The summed E-state index contributed by atoms with van der Waals surface area (Å²) in [4.78, 5) is 13.7. The van der Waals surface area contributed by atoms with Crippen LogP contribution in [0.3, 0.4) is 0 Å². The Labute approximate surface area is 138 Å². The summed E-state index contributed by atoms with van der Waals surface area (Å²) >= 11 is 5.01. The predicted molar refractivity (Wildman–Crippen MR) is 85.9 cm³/mol.